The summed E-state index contributed by atoms with van der Waals surface area (Å²) in [5, 5.41) is 4.88. The fourth-order valence-electron chi connectivity index (χ4n) is 2.43. The van der Waals surface area contributed by atoms with Crippen molar-refractivity contribution in [3.8, 4) is 0 Å². The molecular formula is C17H18N2. The van der Waals surface area contributed by atoms with Crippen molar-refractivity contribution < 1.29 is 0 Å². The Labute approximate surface area is 113 Å². The molecule has 2 N–H and O–H groups in total. The van der Waals surface area contributed by atoms with Gasteiger partial charge in [-0.1, -0.05) is 42.5 Å². The van der Waals surface area contributed by atoms with Crippen LogP contribution in [0.3, 0.4) is 0 Å². The molecule has 0 bridgehead atoms. The van der Waals surface area contributed by atoms with Gasteiger partial charge >= 0.3 is 0 Å². The summed E-state index contributed by atoms with van der Waals surface area (Å²) in [6.45, 7) is 3.08. The second-order valence-corrected chi connectivity index (χ2v) is 4.87. The summed E-state index contributed by atoms with van der Waals surface area (Å²) < 4.78 is 0. The minimum Gasteiger partial charge on any atom is -0.361 e. The summed E-state index contributed by atoms with van der Waals surface area (Å²) in [5.41, 5.74) is 3.86. The van der Waals surface area contributed by atoms with Crippen LogP contribution in [-0.4, -0.2) is 4.98 Å². The standard InChI is InChI=1S/C17H18N2/c1-13(14-6-3-2-4-7-14)19-12-15-8-5-9-17-16(15)10-11-18-17/h2-11,13,18-19H,12H2,1H3. The Balaban J connectivity index is 1.74. The molecule has 1 unspecified atom stereocenters. The first-order valence-electron chi connectivity index (χ1n) is 6.68. The Bertz CT molecular complexity index is 655. The fourth-order valence-corrected chi connectivity index (χ4v) is 2.43. The minimum atomic E-state index is 0.357. The van der Waals surface area contributed by atoms with Crippen molar-refractivity contribution in [1.82, 2.24) is 10.3 Å². The van der Waals surface area contributed by atoms with Crippen molar-refractivity contribution in [3.63, 3.8) is 0 Å². The van der Waals surface area contributed by atoms with Crippen LogP contribution in [0.1, 0.15) is 24.1 Å². The highest BCUT2D eigenvalue weighted by atomic mass is 14.9. The zero-order valence-corrected chi connectivity index (χ0v) is 11.1. The molecule has 2 aromatic carbocycles. The molecule has 0 aliphatic heterocycles. The predicted octanol–water partition coefficient (Wildman–Crippen LogP) is 4.02. The molecule has 0 amide bonds. The van der Waals surface area contributed by atoms with E-state index in [1.54, 1.807) is 0 Å². The van der Waals surface area contributed by atoms with Gasteiger partial charge in [-0.2, -0.15) is 0 Å². The Morgan fingerprint density at radius 3 is 2.68 bits per heavy atom. The lowest BCUT2D eigenvalue weighted by Gasteiger charge is -2.14. The van der Waals surface area contributed by atoms with Gasteiger partial charge in [0.25, 0.3) is 0 Å². The van der Waals surface area contributed by atoms with E-state index in [1.807, 2.05) is 6.20 Å². The lowest BCUT2D eigenvalue weighted by Crippen LogP contribution is -2.18. The molecule has 0 saturated heterocycles. The summed E-state index contributed by atoms with van der Waals surface area (Å²) in [7, 11) is 0. The lowest BCUT2D eigenvalue weighted by atomic mass is 10.1. The van der Waals surface area contributed by atoms with Crippen LogP contribution in [0.25, 0.3) is 10.9 Å². The molecule has 1 aromatic heterocycles. The van der Waals surface area contributed by atoms with Gasteiger partial charge in [0.1, 0.15) is 0 Å². The number of benzene rings is 2. The van der Waals surface area contributed by atoms with E-state index in [4.69, 9.17) is 0 Å². The molecule has 3 rings (SSSR count). The van der Waals surface area contributed by atoms with Gasteiger partial charge < -0.3 is 10.3 Å². The number of hydrogen-bond acceptors (Lipinski definition) is 1. The average molecular weight is 250 g/mol. The highest BCUT2D eigenvalue weighted by Gasteiger charge is 2.06. The van der Waals surface area contributed by atoms with Crippen LogP contribution >= 0.6 is 0 Å². The molecule has 96 valence electrons. The third kappa shape index (κ3) is 2.54. The fraction of sp³-hybridized carbons (Fsp3) is 0.176. The van der Waals surface area contributed by atoms with Gasteiger partial charge in [0.15, 0.2) is 0 Å². The molecule has 0 radical (unpaired) electrons. The quantitative estimate of drug-likeness (QED) is 0.719. The van der Waals surface area contributed by atoms with Crippen molar-refractivity contribution in [3.05, 3.63) is 71.9 Å². The van der Waals surface area contributed by atoms with E-state index in [-0.39, 0.29) is 0 Å². The second kappa shape index (κ2) is 5.29. The number of rotatable bonds is 4. The Morgan fingerprint density at radius 2 is 1.84 bits per heavy atom. The van der Waals surface area contributed by atoms with Crippen LogP contribution in [0.2, 0.25) is 0 Å². The third-order valence-corrected chi connectivity index (χ3v) is 3.58. The van der Waals surface area contributed by atoms with Crippen molar-refractivity contribution in [1.29, 1.82) is 0 Å². The molecule has 0 aliphatic rings. The number of hydrogen-bond donors (Lipinski definition) is 2. The van der Waals surface area contributed by atoms with E-state index in [9.17, 15) is 0 Å². The minimum absolute atomic E-state index is 0.357. The van der Waals surface area contributed by atoms with Crippen molar-refractivity contribution >= 4 is 10.9 Å². The SMILES string of the molecule is CC(NCc1cccc2[nH]ccc12)c1ccccc1. The van der Waals surface area contributed by atoms with Gasteiger partial charge in [0.05, 0.1) is 0 Å². The van der Waals surface area contributed by atoms with Crippen LogP contribution in [0.4, 0.5) is 0 Å². The van der Waals surface area contributed by atoms with Crippen molar-refractivity contribution in [2.24, 2.45) is 0 Å². The molecule has 0 spiro atoms. The molecule has 2 nitrogen and oxygen atoms in total. The second-order valence-electron chi connectivity index (χ2n) is 4.87. The number of H-pyrrole nitrogens is 1. The highest BCUT2D eigenvalue weighted by molar-refractivity contribution is 5.82. The van der Waals surface area contributed by atoms with Gasteiger partial charge in [-0.3, -0.25) is 0 Å². The van der Waals surface area contributed by atoms with E-state index in [0.29, 0.717) is 6.04 Å². The van der Waals surface area contributed by atoms with Gasteiger partial charge in [-0.25, -0.2) is 0 Å². The van der Waals surface area contributed by atoms with Crippen LogP contribution < -0.4 is 5.32 Å². The maximum absolute atomic E-state index is 3.58. The van der Waals surface area contributed by atoms with E-state index in [1.165, 1.54) is 22.0 Å². The van der Waals surface area contributed by atoms with E-state index >= 15 is 0 Å². The predicted molar refractivity (Wildman–Crippen MR) is 80.0 cm³/mol. The first-order chi connectivity index (χ1) is 9.34. The molecule has 0 aliphatic carbocycles. The van der Waals surface area contributed by atoms with Gasteiger partial charge in [-0.05, 0) is 30.2 Å². The third-order valence-electron chi connectivity index (χ3n) is 3.58. The zero-order chi connectivity index (χ0) is 13.1. The van der Waals surface area contributed by atoms with Crippen LogP contribution in [0, 0.1) is 0 Å². The molecule has 2 heteroatoms. The Kier molecular flexibility index (Phi) is 3.34. The summed E-state index contributed by atoms with van der Waals surface area (Å²) in [6.07, 6.45) is 1.99. The first-order valence-corrected chi connectivity index (χ1v) is 6.68. The first kappa shape index (κ1) is 12.0. The number of aromatic amines is 1. The van der Waals surface area contributed by atoms with E-state index in [0.717, 1.165) is 6.54 Å². The maximum Gasteiger partial charge on any atom is 0.0457 e. The molecule has 0 fully saturated rings. The molecule has 19 heavy (non-hydrogen) atoms. The van der Waals surface area contributed by atoms with Crippen LogP contribution in [0.15, 0.2) is 60.8 Å². The largest absolute Gasteiger partial charge is 0.361 e. The van der Waals surface area contributed by atoms with E-state index in [2.05, 4.69) is 71.8 Å². The summed E-state index contributed by atoms with van der Waals surface area (Å²) >= 11 is 0. The highest BCUT2D eigenvalue weighted by Crippen LogP contribution is 2.18. The number of nitrogens with one attached hydrogen (secondary N) is 2. The van der Waals surface area contributed by atoms with Crippen molar-refractivity contribution in [2.75, 3.05) is 0 Å². The lowest BCUT2D eigenvalue weighted by molar-refractivity contribution is 0.576. The number of fused-ring (bicyclic) bond motifs is 1. The van der Waals surface area contributed by atoms with Crippen LogP contribution in [0.5, 0.6) is 0 Å². The molecular weight excluding hydrogens is 232 g/mol. The Hall–Kier alpha value is -2.06. The summed E-state index contributed by atoms with van der Waals surface area (Å²) in [6, 6.07) is 19.4. The average Bonchev–Trinajstić information content (AvgIpc) is 2.94. The van der Waals surface area contributed by atoms with Crippen LogP contribution in [-0.2, 0) is 6.54 Å². The molecule has 3 aromatic rings. The van der Waals surface area contributed by atoms with Gasteiger partial charge in [-0.15, -0.1) is 0 Å². The summed E-state index contributed by atoms with van der Waals surface area (Å²) in [4.78, 5) is 3.25. The smallest absolute Gasteiger partial charge is 0.0457 e. The zero-order valence-electron chi connectivity index (χ0n) is 11.1. The molecule has 1 atom stereocenters. The van der Waals surface area contributed by atoms with E-state index < -0.39 is 0 Å². The van der Waals surface area contributed by atoms with Crippen molar-refractivity contribution in [2.45, 2.75) is 19.5 Å². The van der Waals surface area contributed by atoms with Gasteiger partial charge in [0.2, 0.25) is 0 Å². The van der Waals surface area contributed by atoms with Gasteiger partial charge in [0, 0.05) is 29.7 Å². The maximum atomic E-state index is 3.58. The molecule has 0 saturated carbocycles. The molecule has 1 heterocycles. The normalized spacial score (nSPS) is 12.7. The topological polar surface area (TPSA) is 27.8 Å². The number of aromatic nitrogens is 1. The monoisotopic (exact) mass is 250 g/mol. The summed E-state index contributed by atoms with van der Waals surface area (Å²) in [5.74, 6) is 0. The Morgan fingerprint density at radius 1 is 1.00 bits per heavy atom.